The Morgan fingerprint density at radius 2 is 1.79 bits per heavy atom. The summed E-state index contributed by atoms with van der Waals surface area (Å²) in [6.45, 7) is 5.89. The lowest BCUT2D eigenvalue weighted by Gasteiger charge is -2.44. The van der Waals surface area contributed by atoms with Gasteiger partial charge in [-0.15, -0.1) is 0 Å². The normalized spacial score (nSPS) is 27.5. The molecule has 146 valence electrons. The zero-order valence-electron chi connectivity index (χ0n) is 16.7. The summed E-state index contributed by atoms with van der Waals surface area (Å²) in [4.78, 5) is 11.1. The predicted octanol–water partition coefficient (Wildman–Crippen LogP) is 3.61. The fraction of sp³-hybridized carbons (Fsp3) is 0.478. The van der Waals surface area contributed by atoms with Crippen molar-refractivity contribution in [2.45, 2.75) is 70.3 Å². The first kappa shape index (κ1) is 17.8. The molecule has 0 spiro atoms. The molecule has 2 unspecified atom stereocenters. The average Bonchev–Trinajstić information content (AvgIpc) is 3.11. The Labute approximate surface area is 166 Å². The van der Waals surface area contributed by atoms with Gasteiger partial charge in [0.2, 0.25) is 0 Å². The van der Waals surface area contributed by atoms with Crippen LogP contribution in [0, 0.1) is 13.8 Å². The van der Waals surface area contributed by atoms with Crippen molar-refractivity contribution in [3.8, 4) is 0 Å². The van der Waals surface area contributed by atoms with Crippen LogP contribution in [0.1, 0.15) is 42.5 Å². The Kier molecular flexibility index (Phi) is 4.25. The molecule has 2 fully saturated rings. The van der Waals surface area contributed by atoms with Crippen LogP contribution in [0.15, 0.2) is 43.0 Å². The summed E-state index contributed by atoms with van der Waals surface area (Å²) in [7, 11) is 0. The molecule has 0 radical (unpaired) electrons. The summed E-state index contributed by atoms with van der Waals surface area (Å²) in [5.41, 5.74) is 4.27. The smallest absolute Gasteiger partial charge is 0.0855 e. The number of hydrogen-bond donors (Lipinski definition) is 1. The first-order valence-electron chi connectivity index (χ1n) is 10.3. The number of aliphatic hydroxyl groups is 1. The monoisotopic (exact) mass is 376 g/mol. The molecule has 1 N–H and O–H groups in total. The molecule has 2 bridgehead atoms. The van der Waals surface area contributed by atoms with E-state index in [9.17, 15) is 5.11 Å². The molecule has 0 aromatic carbocycles. The molecule has 3 aromatic heterocycles. The third-order valence-corrected chi connectivity index (χ3v) is 6.86. The lowest BCUT2D eigenvalue weighted by Crippen LogP contribution is -2.52. The van der Waals surface area contributed by atoms with Crippen LogP contribution in [0.25, 0.3) is 10.9 Å². The van der Waals surface area contributed by atoms with E-state index in [0.717, 1.165) is 24.9 Å². The largest absolute Gasteiger partial charge is 0.388 e. The number of aryl methyl sites for hydroxylation is 2. The molecule has 0 saturated carbocycles. The molecule has 28 heavy (non-hydrogen) atoms. The number of pyridine rings is 2. The van der Waals surface area contributed by atoms with Gasteiger partial charge in [-0.1, -0.05) is 0 Å². The third kappa shape index (κ3) is 3.03. The van der Waals surface area contributed by atoms with Crippen LogP contribution in [-0.4, -0.2) is 42.2 Å². The zero-order chi connectivity index (χ0) is 19.3. The van der Waals surface area contributed by atoms with Crippen LogP contribution < -0.4 is 0 Å². The molecule has 2 aliphatic rings. The van der Waals surface area contributed by atoms with Crippen LogP contribution in [0.4, 0.5) is 0 Å². The summed E-state index contributed by atoms with van der Waals surface area (Å²) in [6.07, 6.45) is 11.6. The number of piperidine rings is 1. The van der Waals surface area contributed by atoms with E-state index in [4.69, 9.17) is 0 Å². The highest BCUT2D eigenvalue weighted by molar-refractivity contribution is 5.80. The fourth-order valence-corrected chi connectivity index (χ4v) is 5.42. The lowest BCUT2D eigenvalue weighted by molar-refractivity contribution is -0.0647. The van der Waals surface area contributed by atoms with Crippen LogP contribution in [0.5, 0.6) is 0 Å². The van der Waals surface area contributed by atoms with Crippen LogP contribution in [0.2, 0.25) is 0 Å². The van der Waals surface area contributed by atoms with Crippen LogP contribution >= 0.6 is 0 Å². The molecule has 0 aliphatic carbocycles. The van der Waals surface area contributed by atoms with Crippen molar-refractivity contribution in [2.24, 2.45) is 0 Å². The van der Waals surface area contributed by atoms with Gasteiger partial charge in [0, 0.05) is 48.3 Å². The summed E-state index contributed by atoms with van der Waals surface area (Å²) in [6, 6.07) is 7.29. The van der Waals surface area contributed by atoms with Gasteiger partial charge in [-0.05, 0) is 68.9 Å². The zero-order valence-corrected chi connectivity index (χ0v) is 16.7. The molecule has 5 nitrogen and oxygen atoms in total. The second kappa shape index (κ2) is 6.68. The Bertz CT molecular complexity index is 997. The van der Waals surface area contributed by atoms with E-state index < -0.39 is 5.60 Å². The molecule has 3 aromatic rings. The maximum Gasteiger partial charge on any atom is 0.0855 e. The molecule has 5 rings (SSSR count). The van der Waals surface area contributed by atoms with Crippen molar-refractivity contribution in [3.05, 3.63) is 59.8 Å². The van der Waals surface area contributed by atoms with E-state index in [-0.39, 0.29) is 0 Å². The highest BCUT2D eigenvalue weighted by Gasteiger charge is 2.47. The molecule has 2 atom stereocenters. The van der Waals surface area contributed by atoms with Gasteiger partial charge in [-0.25, -0.2) is 0 Å². The van der Waals surface area contributed by atoms with Gasteiger partial charge in [-0.3, -0.25) is 14.9 Å². The minimum Gasteiger partial charge on any atom is -0.388 e. The van der Waals surface area contributed by atoms with Crippen molar-refractivity contribution in [3.63, 3.8) is 0 Å². The van der Waals surface area contributed by atoms with E-state index in [2.05, 4.69) is 45.4 Å². The summed E-state index contributed by atoms with van der Waals surface area (Å²) in [5.74, 6) is 0. The average molecular weight is 377 g/mol. The van der Waals surface area contributed by atoms with Crippen molar-refractivity contribution in [1.82, 2.24) is 19.4 Å². The SMILES string of the molecule is Cc1cnccc1CN1C2CCC1CC(O)(Cn1c(C)cc3ccncc31)C2. The Balaban J connectivity index is 1.37. The van der Waals surface area contributed by atoms with Gasteiger partial charge in [-0.2, -0.15) is 0 Å². The highest BCUT2D eigenvalue weighted by atomic mass is 16.3. The highest BCUT2D eigenvalue weighted by Crippen LogP contribution is 2.43. The standard InChI is InChI=1S/C23H28N4O/c1-16-12-24-8-6-19(16)14-26-20-3-4-21(26)11-23(28,10-20)15-27-17(2)9-18-5-7-25-13-22(18)27/h5-9,12-13,20-21,28H,3-4,10-11,14-15H2,1-2H3. The molecule has 2 saturated heterocycles. The Morgan fingerprint density at radius 1 is 1.07 bits per heavy atom. The van der Waals surface area contributed by atoms with E-state index in [1.54, 1.807) is 0 Å². The molecular formula is C23H28N4O. The molecule has 2 aliphatic heterocycles. The van der Waals surface area contributed by atoms with E-state index in [1.807, 2.05) is 30.9 Å². The first-order chi connectivity index (χ1) is 13.5. The van der Waals surface area contributed by atoms with E-state index in [0.29, 0.717) is 18.6 Å². The number of fused-ring (bicyclic) bond motifs is 3. The maximum absolute atomic E-state index is 11.6. The van der Waals surface area contributed by atoms with E-state index in [1.165, 1.54) is 35.0 Å². The fourth-order valence-electron chi connectivity index (χ4n) is 5.42. The van der Waals surface area contributed by atoms with E-state index >= 15 is 0 Å². The number of aromatic nitrogens is 3. The summed E-state index contributed by atoms with van der Waals surface area (Å²) in [5, 5.41) is 12.8. The van der Waals surface area contributed by atoms with Gasteiger partial charge in [0.25, 0.3) is 0 Å². The molecule has 0 amide bonds. The third-order valence-electron chi connectivity index (χ3n) is 6.86. The van der Waals surface area contributed by atoms with Crippen molar-refractivity contribution in [2.75, 3.05) is 0 Å². The number of rotatable bonds is 4. The van der Waals surface area contributed by atoms with Gasteiger partial charge in [0.15, 0.2) is 0 Å². The van der Waals surface area contributed by atoms with Gasteiger partial charge in [0.1, 0.15) is 0 Å². The molecular weight excluding hydrogens is 348 g/mol. The summed E-state index contributed by atoms with van der Waals surface area (Å²) >= 11 is 0. The minimum atomic E-state index is -0.651. The Hall–Kier alpha value is -2.24. The predicted molar refractivity (Wildman–Crippen MR) is 110 cm³/mol. The molecule has 5 heteroatoms. The maximum atomic E-state index is 11.6. The Morgan fingerprint density at radius 3 is 2.54 bits per heavy atom. The van der Waals surface area contributed by atoms with Crippen molar-refractivity contribution < 1.29 is 5.11 Å². The number of hydrogen-bond acceptors (Lipinski definition) is 4. The van der Waals surface area contributed by atoms with Gasteiger partial charge < -0.3 is 9.67 Å². The number of nitrogens with zero attached hydrogens (tertiary/aromatic N) is 4. The van der Waals surface area contributed by atoms with Gasteiger partial charge >= 0.3 is 0 Å². The van der Waals surface area contributed by atoms with Crippen molar-refractivity contribution >= 4 is 10.9 Å². The first-order valence-corrected chi connectivity index (χ1v) is 10.3. The van der Waals surface area contributed by atoms with Gasteiger partial charge in [0.05, 0.1) is 23.9 Å². The topological polar surface area (TPSA) is 54.2 Å². The molecule has 5 heterocycles. The second-order valence-electron chi connectivity index (χ2n) is 8.80. The quantitative estimate of drug-likeness (QED) is 0.756. The summed E-state index contributed by atoms with van der Waals surface area (Å²) < 4.78 is 2.25. The second-order valence-corrected chi connectivity index (χ2v) is 8.80. The van der Waals surface area contributed by atoms with Crippen LogP contribution in [0.3, 0.4) is 0 Å². The minimum absolute atomic E-state index is 0.455. The van der Waals surface area contributed by atoms with Crippen LogP contribution in [-0.2, 0) is 13.1 Å². The lowest BCUT2D eigenvalue weighted by atomic mass is 9.85. The van der Waals surface area contributed by atoms with Crippen molar-refractivity contribution in [1.29, 1.82) is 0 Å².